The average molecular weight is 911 g/mol. The van der Waals surface area contributed by atoms with E-state index in [-0.39, 0.29) is 73.3 Å². The molecule has 1 fully saturated rings. The van der Waals surface area contributed by atoms with Crippen molar-refractivity contribution in [2.45, 2.75) is 97.4 Å². The summed E-state index contributed by atoms with van der Waals surface area (Å²) in [6.45, 7) is 17.1. The third kappa shape index (κ3) is 11.2. The molecule has 0 spiro atoms. The predicted octanol–water partition coefficient (Wildman–Crippen LogP) is 8.01. The normalized spacial score (nSPS) is 17.6. The summed E-state index contributed by atoms with van der Waals surface area (Å²) in [7, 11) is 1.56. The zero-order chi connectivity index (χ0) is 46.9. The molecule has 3 aromatic carbocycles. The van der Waals surface area contributed by atoms with Crippen molar-refractivity contribution < 1.29 is 32.8 Å². The zero-order valence-corrected chi connectivity index (χ0v) is 40.0. The Bertz CT molecular complexity index is 2360. The van der Waals surface area contributed by atoms with Gasteiger partial charge in [-0.25, -0.2) is 9.65 Å². The lowest BCUT2D eigenvalue weighted by atomic mass is 9.79. The number of rotatable bonds is 21. The first-order chi connectivity index (χ1) is 31.1. The minimum Gasteiger partial charge on any atom is -0.497 e. The molecule has 5 aromatic rings. The number of hydrogen-bond donors (Lipinski definition) is 2. The molecule has 0 radical (unpaired) electrons. The number of ether oxygens (including phenoxy) is 4. The van der Waals surface area contributed by atoms with Crippen molar-refractivity contribution in [3.8, 4) is 17.6 Å². The minimum atomic E-state index is -1.71. The van der Waals surface area contributed by atoms with Crippen LogP contribution in [0.3, 0.4) is 0 Å². The number of carbonyl (C=O) groups excluding carboxylic acids is 1. The van der Waals surface area contributed by atoms with E-state index in [1.807, 2.05) is 78.9 Å². The fourth-order valence-corrected chi connectivity index (χ4v) is 9.68. The van der Waals surface area contributed by atoms with Crippen LogP contribution in [0, 0.1) is 17.2 Å². The Morgan fingerprint density at radius 2 is 1.52 bits per heavy atom. The molecule has 3 atom stereocenters. The summed E-state index contributed by atoms with van der Waals surface area (Å²) in [6.07, 6.45) is 0.974. The van der Waals surface area contributed by atoms with Crippen molar-refractivity contribution in [1.82, 2.24) is 29.1 Å². The molecule has 1 aliphatic rings. The standard InChI is InChI=1S/C48H63N8O8P/c1-32(2)44(57)52-46-51-43-42(45(58)53-46)50-31-55(43)41-27-54(33(3)4)28-47(64-41,30-63-65(62-26-14-25-49)56(34(5)6)35(7)8)29-61-48(36-15-12-11-13-16-36,37-17-21-39(59-9)22-18-37)38-19-23-40(60-10)24-20-38/h11-13,15-24,31-35,41H,14,26-30H2,1-10H3,(H2,51,52,53,57,58)/t41-,47-,65?/m1/s1. The van der Waals surface area contributed by atoms with Crippen LogP contribution in [-0.2, 0) is 28.9 Å². The van der Waals surface area contributed by atoms with E-state index in [0.29, 0.717) is 24.6 Å². The number of carbonyl (C=O) groups is 1. The molecule has 16 nitrogen and oxygen atoms in total. The Kier molecular flexibility index (Phi) is 16.5. The lowest BCUT2D eigenvalue weighted by molar-refractivity contribution is -0.230. The summed E-state index contributed by atoms with van der Waals surface area (Å²) < 4.78 is 43.5. The number of aromatic nitrogens is 4. The minimum absolute atomic E-state index is 0.00616. The summed E-state index contributed by atoms with van der Waals surface area (Å²) in [5.74, 6) is 0.744. The Morgan fingerprint density at radius 3 is 2.06 bits per heavy atom. The highest BCUT2D eigenvalue weighted by atomic mass is 31.2. The van der Waals surface area contributed by atoms with Crippen molar-refractivity contribution in [2.75, 3.05) is 52.4 Å². The summed E-state index contributed by atoms with van der Waals surface area (Å²) in [4.78, 5) is 40.3. The molecule has 0 bridgehead atoms. The number of fused-ring (bicyclic) bond motifs is 1. The van der Waals surface area contributed by atoms with E-state index in [1.54, 1.807) is 39.0 Å². The molecule has 348 valence electrons. The number of anilines is 1. The fraction of sp³-hybridized carbons (Fsp3) is 0.479. The molecular weight excluding hydrogens is 848 g/mol. The van der Waals surface area contributed by atoms with Gasteiger partial charge in [-0.3, -0.25) is 29.4 Å². The Morgan fingerprint density at radius 1 is 0.923 bits per heavy atom. The molecule has 1 saturated heterocycles. The first kappa shape index (κ1) is 49.2. The summed E-state index contributed by atoms with van der Waals surface area (Å²) >= 11 is 0. The number of nitrogens with zero attached hydrogens (tertiary/aromatic N) is 6. The predicted molar refractivity (Wildman–Crippen MR) is 251 cm³/mol. The van der Waals surface area contributed by atoms with Crippen molar-refractivity contribution >= 4 is 31.5 Å². The molecule has 65 heavy (non-hydrogen) atoms. The zero-order valence-electron chi connectivity index (χ0n) is 39.1. The lowest BCUT2D eigenvalue weighted by Gasteiger charge is -2.49. The molecule has 1 amide bonds. The number of hydrogen-bond acceptors (Lipinski definition) is 13. The smallest absolute Gasteiger partial charge is 0.280 e. The van der Waals surface area contributed by atoms with Crippen LogP contribution in [0.5, 0.6) is 11.5 Å². The highest BCUT2D eigenvalue weighted by Gasteiger charge is 2.48. The SMILES string of the molecule is COc1ccc(C(OC[C@@]2(COP(OCCC#N)N(C(C)C)C(C)C)CN(C(C)C)C[C@H](n3cnc4c(=O)[nH]c(NC(=O)C(C)C)nc43)O2)(c2ccccc2)c2ccc(OC)cc2)cc1. The third-order valence-electron chi connectivity index (χ3n) is 11.3. The molecule has 1 unspecified atom stereocenters. The van der Waals surface area contributed by atoms with Gasteiger partial charge in [0, 0.05) is 37.1 Å². The highest BCUT2D eigenvalue weighted by molar-refractivity contribution is 7.44. The largest absolute Gasteiger partial charge is 0.497 e. The number of nitriles is 1. The van der Waals surface area contributed by atoms with E-state index < -0.39 is 31.5 Å². The van der Waals surface area contributed by atoms with Crippen molar-refractivity contribution in [1.29, 1.82) is 5.26 Å². The van der Waals surface area contributed by atoms with Gasteiger partial charge in [-0.2, -0.15) is 10.2 Å². The van der Waals surface area contributed by atoms with Crippen molar-refractivity contribution in [3.05, 3.63) is 112 Å². The maximum Gasteiger partial charge on any atom is 0.280 e. The molecule has 6 rings (SSSR count). The second-order valence-electron chi connectivity index (χ2n) is 17.3. The molecule has 2 aromatic heterocycles. The van der Waals surface area contributed by atoms with E-state index in [9.17, 15) is 14.9 Å². The Balaban J connectivity index is 1.53. The molecule has 3 heterocycles. The Labute approximate surface area is 383 Å². The average Bonchev–Trinajstić information content (AvgIpc) is 3.73. The second-order valence-corrected chi connectivity index (χ2v) is 18.7. The lowest BCUT2D eigenvalue weighted by Crippen LogP contribution is -2.60. The van der Waals surface area contributed by atoms with Crippen molar-refractivity contribution in [2.24, 2.45) is 5.92 Å². The molecular formula is C48H63N8O8P. The van der Waals surface area contributed by atoms with E-state index in [4.69, 9.17) is 33.0 Å². The van der Waals surface area contributed by atoms with E-state index >= 15 is 0 Å². The van der Waals surface area contributed by atoms with Gasteiger partial charge in [-0.05, 0) is 82.5 Å². The first-order valence-corrected chi connectivity index (χ1v) is 23.2. The van der Waals surface area contributed by atoms with Gasteiger partial charge >= 0.3 is 0 Å². The topological polar surface area (TPSA) is 178 Å². The van der Waals surface area contributed by atoms with Crippen LogP contribution >= 0.6 is 8.53 Å². The number of morpholine rings is 1. The van der Waals surface area contributed by atoms with Gasteiger partial charge in [0.2, 0.25) is 11.9 Å². The van der Waals surface area contributed by atoms with Crippen LogP contribution < -0.4 is 20.3 Å². The Hall–Kier alpha value is -5.24. The van der Waals surface area contributed by atoms with E-state index in [2.05, 4.69) is 72.5 Å². The number of benzene rings is 3. The fourth-order valence-electron chi connectivity index (χ4n) is 7.99. The van der Waals surface area contributed by atoms with E-state index in [1.165, 1.54) is 0 Å². The van der Waals surface area contributed by atoms with Gasteiger partial charge in [0.05, 0.1) is 52.9 Å². The number of methoxy groups -OCH3 is 2. The van der Waals surface area contributed by atoms with Crippen LogP contribution in [0.25, 0.3) is 11.2 Å². The van der Waals surface area contributed by atoms with Crippen LogP contribution in [0.4, 0.5) is 5.95 Å². The van der Waals surface area contributed by atoms with Gasteiger partial charge in [0.25, 0.3) is 14.1 Å². The van der Waals surface area contributed by atoms with Gasteiger partial charge in [-0.1, -0.05) is 68.4 Å². The highest BCUT2D eigenvalue weighted by Crippen LogP contribution is 2.49. The van der Waals surface area contributed by atoms with Gasteiger partial charge in [-0.15, -0.1) is 0 Å². The summed E-state index contributed by atoms with van der Waals surface area (Å²) in [5.41, 5.74) is -0.0551. The van der Waals surface area contributed by atoms with Crippen LogP contribution in [0.2, 0.25) is 0 Å². The second kappa shape index (κ2) is 21.8. The maximum atomic E-state index is 13.4. The first-order valence-electron chi connectivity index (χ1n) is 22.0. The number of nitrogens with one attached hydrogen (secondary N) is 2. The molecule has 0 aliphatic carbocycles. The van der Waals surface area contributed by atoms with Crippen molar-refractivity contribution in [3.63, 3.8) is 0 Å². The molecule has 1 aliphatic heterocycles. The van der Waals surface area contributed by atoms with Gasteiger partial charge < -0.3 is 28.0 Å². The van der Waals surface area contributed by atoms with Crippen LogP contribution in [0.15, 0.2) is 90.0 Å². The maximum absolute atomic E-state index is 13.4. The number of aromatic amines is 1. The molecule has 0 saturated carbocycles. The van der Waals surface area contributed by atoms with E-state index in [0.717, 1.165) is 16.7 Å². The number of H-pyrrole nitrogens is 1. The quantitative estimate of drug-likeness (QED) is 0.0411. The summed E-state index contributed by atoms with van der Waals surface area (Å²) in [5, 5.41) is 12.2. The van der Waals surface area contributed by atoms with Crippen LogP contribution in [0.1, 0.15) is 84.7 Å². The monoisotopic (exact) mass is 910 g/mol. The summed E-state index contributed by atoms with van der Waals surface area (Å²) in [6, 6.07) is 28.0. The molecule has 17 heteroatoms. The van der Waals surface area contributed by atoms with Gasteiger partial charge in [0.15, 0.2) is 11.2 Å². The van der Waals surface area contributed by atoms with Crippen LogP contribution in [-0.4, -0.2) is 106 Å². The van der Waals surface area contributed by atoms with Gasteiger partial charge in [0.1, 0.15) is 28.9 Å². The molecule has 2 N–H and O–H groups in total. The number of amides is 1. The third-order valence-corrected chi connectivity index (χ3v) is 13.4. The number of imidazole rings is 1.